The van der Waals surface area contributed by atoms with Gasteiger partial charge >= 0.3 is 0 Å². The van der Waals surface area contributed by atoms with Gasteiger partial charge in [0, 0.05) is 33.4 Å². The number of hydrogen-bond acceptors (Lipinski definition) is 6. The third-order valence-corrected chi connectivity index (χ3v) is 5.61. The molecule has 0 spiro atoms. The fourth-order valence-corrected chi connectivity index (χ4v) is 3.72. The Morgan fingerprint density at radius 3 is 2.72 bits per heavy atom. The normalized spacial score (nSPS) is 12.5. The monoisotopic (exact) mass is 472 g/mol. The van der Waals surface area contributed by atoms with E-state index in [1.165, 1.54) is 19.3 Å². The van der Waals surface area contributed by atoms with Gasteiger partial charge in [0.2, 0.25) is 0 Å². The zero-order valence-corrected chi connectivity index (χ0v) is 19.1. The molecular formula is C21H25BrN6S. The van der Waals surface area contributed by atoms with Crippen molar-refractivity contribution in [1.29, 1.82) is 0 Å². The molecule has 3 heterocycles. The molecule has 8 heteroatoms. The Morgan fingerprint density at radius 1 is 1.21 bits per heavy atom. The molecule has 0 aliphatic heterocycles. The number of thiazole rings is 1. The standard InChI is InChI=1S/C21H25BrN6S/c1-3-4-5-6-7-15(2)27-21-17(12-26-28(21)20(23)10-22)16-8-9-18(24-11-16)19-13-29-14-25-19/h8-14H,3-7,23H2,1-2H3/b20-10+,27-15+. The molecule has 0 saturated carbocycles. The lowest BCUT2D eigenvalue weighted by Gasteiger charge is -2.08. The number of aromatic nitrogens is 4. The van der Waals surface area contributed by atoms with Gasteiger partial charge in [-0.25, -0.2) is 9.98 Å². The van der Waals surface area contributed by atoms with Crippen molar-refractivity contribution in [3.8, 4) is 22.5 Å². The van der Waals surface area contributed by atoms with E-state index in [-0.39, 0.29) is 0 Å². The SMILES string of the molecule is CCCCCC/C(C)=N/c1c(-c2ccc(-c3cscn3)nc2)cnn1/C(N)=C/Br. The topological polar surface area (TPSA) is 82.0 Å². The predicted octanol–water partition coefficient (Wildman–Crippen LogP) is 6.24. The lowest BCUT2D eigenvalue weighted by atomic mass is 10.1. The zero-order valence-electron chi connectivity index (χ0n) is 16.7. The van der Waals surface area contributed by atoms with Crippen LogP contribution in [0.25, 0.3) is 28.3 Å². The maximum Gasteiger partial charge on any atom is 0.165 e. The third-order valence-electron chi connectivity index (χ3n) is 4.56. The molecule has 6 nitrogen and oxygen atoms in total. The summed E-state index contributed by atoms with van der Waals surface area (Å²) in [6, 6.07) is 3.99. The first-order valence-electron chi connectivity index (χ1n) is 9.67. The largest absolute Gasteiger partial charge is 0.383 e. The van der Waals surface area contributed by atoms with Crippen LogP contribution in [0.5, 0.6) is 0 Å². The first-order chi connectivity index (χ1) is 14.1. The number of rotatable bonds is 9. The van der Waals surface area contributed by atoms with Gasteiger partial charge in [-0.15, -0.1) is 11.3 Å². The molecule has 3 aromatic rings. The minimum absolute atomic E-state index is 0.473. The summed E-state index contributed by atoms with van der Waals surface area (Å²) in [6.45, 7) is 4.28. The van der Waals surface area contributed by atoms with Crippen molar-refractivity contribution in [1.82, 2.24) is 19.7 Å². The Kier molecular flexibility index (Phi) is 7.71. The van der Waals surface area contributed by atoms with Gasteiger partial charge in [0.15, 0.2) is 5.82 Å². The summed E-state index contributed by atoms with van der Waals surface area (Å²) >= 11 is 4.85. The number of nitrogens with two attached hydrogens (primary N) is 1. The van der Waals surface area contributed by atoms with Crippen molar-refractivity contribution in [2.24, 2.45) is 10.7 Å². The first kappa shape index (κ1) is 21.4. The highest BCUT2D eigenvalue weighted by molar-refractivity contribution is 9.11. The van der Waals surface area contributed by atoms with E-state index in [0.29, 0.717) is 5.82 Å². The van der Waals surface area contributed by atoms with E-state index < -0.39 is 0 Å². The Hall–Kier alpha value is -2.32. The van der Waals surface area contributed by atoms with E-state index in [1.807, 2.05) is 23.7 Å². The Bertz CT molecular complexity index is 973. The Labute approximate surface area is 183 Å². The molecule has 0 aliphatic carbocycles. The van der Waals surface area contributed by atoms with Crippen LogP contribution >= 0.6 is 27.3 Å². The van der Waals surface area contributed by atoms with Gasteiger partial charge in [-0.3, -0.25) is 4.98 Å². The molecular weight excluding hydrogens is 448 g/mol. The summed E-state index contributed by atoms with van der Waals surface area (Å²) in [5.74, 6) is 1.19. The molecule has 0 atom stereocenters. The molecule has 0 radical (unpaired) electrons. The van der Waals surface area contributed by atoms with Crippen molar-refractivity contribution in [2.75, 3.05) is 0 Å². The van der Waals surface area contributed by atoms with E-state index in [2.05, 4.69) is 44.8 Å². The summed E-state index contributed by atoms with van der Waals surface area (Å²) in [5.41, 5.74) is 12.5. The van der Waals surface area contributed by atoms with Gasteiger partial charge in [0.05, 0.1) is 23.1 Å². The molecule has 3 rings (SSSR count). The fourth-order valence-electron chi connectivity index (χ4n) is 2.98. The number of nitrogens with zero attached hydrogens (tertiary/aromatic N) is 5. The van der Waals surface area contributed by atoms with E-state index in [4.69, 9.17) is 10.7 Å². The predicted molar refractivity (Wildman–Crippen MR) is 125 cm³/mol. The summed E-state index contributed by atoms with van der Waals surface area (Å²) in [5, 5.41) is 6.43. The molecule has 0 aliphatic rings. The maximum atomic E-state index is 6.11. The number of hydrogen-bond donors (Lipinski definition) is 1. The van der Waals surface area contributed by atoms with Crippen molar-refractivity contribution >= 4 is 44.6 Å². The van der Waals surface area contributed by atoms with E-state index in [1.54, 1.807) is 32.7 Å². The highest BCUT2D eigenvalue weighted by Crippen LogP contribution is 2.32. The van der Waals surface area contributed by atoms with Gasteiger partial charge in [0.1, 0.15) is 5.82 Å². The number of unbranched alkanes of at least 4 members (excludes halogenated alkanes) is 3. The van der Waals surface area contributed by atoms with Crippen LogP contribution < -0.4 is 5.73 Å². The van der Waals surface area contributed by atoms with Crippen molar-refractivity contribution < 1.29 is 0 Å². The Morgan fingerprint density at radius 2 is 2.07 bits per heavy atom. The minimum Gasteiger partial charge on any atom is -0.383 e. The average molecular weight is 473 g/mol. The number of pyridine rings is 1. The zero-order chi connectivity index (χ0) is 20.6. The van der Waals surface area contributed by atoms with E-state index in [9.17, 15) is 0 Å². The highest BCUT2D eigenvalue weighted by atomic mass is 79.9. The highest BCUT2D eigenvalue weighted by Gasteiger charge is 2.15. The summed E-state index contributed by atoms with van der Waals surface area (Å²) in [6.07, 6.45) is 9.42. The first-order valence-corrected chi connectivity index (χ1v) is 11.5. The number of aliphatic imine (C=N–C) groups is 1. The lowest BCUT2D eigenvalue weighted by Crippen LogP contribution is -2.07. The molecule has 0 bridgehead atoms. The second-order valence-corrected chi connectivity index (χ2v) is 7.97. The second-order valence-electron chi connectivity index (χ2n) is 6.79. The fraction of sp³-hybridized carbons (Fsp3) is 0.333. The van der Waals surface area contributed by atoms with Crippen LogP contribution in [0.15, 0.2) is 45.4 Å². The van der Waals surface area contributed by atoms with Crippen LogP contribution in [0, 0.1) is 0 Å². The molecule has 0 amide bonds. The lowest BCUT2D eigenvalue weighted by molar-refractivity contribution is 0.682. The molecule has 0 saturated heterocycles. The Balaban J connectivity index is 1.91. The molecule has 0 fully saturated rings. The van der Waals surface area contributed by atoms with Gasteiger partial charge in [-0.1, -0.05) is 48.2 Å². The van der Waals surface area contributed by atoms with E-state index >= 15 is 0 Å². The van der Waals surface area contributed by atoms with Gasteiger partial charge in [-0.05, 0) is 25.8 Å². The van der Waals surface area contributed by atoms with Crippen LogP contribution in [-0.2, 0) is 0 Å². The van der Waals surface area contributed by atoms with Crippen LogP contribution in [0.4, 0.5) is 5.82 Å². The minimum atomic E-state index is 0.473. The summed E-state index contributed by atoms with van der Waals surface area (Å²) in [7, 11) is 0. The molecule has 29 heavy (non-hydrogen) atoms. The molecule has 0 aromatic carbocycles. The van der Waals surface area contributed by atoms with E-state index in [0.717, 1.165) is 46.9 Å². The van der Waals surface area contributed by atoms with Crippen molar-refractivity contribution in [2.45, 2.75) is 46.0 Å². The summed E-state index contributed by atoms with van der Waals surface area (Å²) < 4.78 is 1.65. The van der Waals surface area contributed by atoms with Crippen molar-refractivity contribution in [3.63, 3.8) is 0 Å². The van der Waals surface area contributed by atoms with Crippen LogP contribution in [-0.4, -0.2) is 25.5 Å². The molecule has 2 N–H and O–H groups in total. The second kappa shape index (κ2) is 10.5. The van der Waals surface area contributed by atoms with Crippen LogP contribution in [0.2, 0.25) is 0 Å². The van der Waals surface area contributed by atoms with Crippen LogP contribution in [0.3, 0.4) is 0 Å². The maximum absolute atomic E-state index is 6.11. The molecule has 3 aromatic heterocycles. The average Bonchev–Trinajstić information content (AvgIpc) is 3.41. The third kappa shape index (κ3) is 5.39. The number of halogens is 1. The quantitative estimate of drug-likeness (QED) is 0.295. The smallest absolute Gasteiger partial charge is 0.165 e. The summed E-state index contributed by atoms with van der Waals surface area (Å²) in [4.78, 5) is 15.4. The van der Waals surface area contributed by atoms with Crippen LogP contribution in [0.1, 0.15) is 46.0 Å². The van der Waals surface area contributed by atoms with Crippen molar-refractivity contribution in [3.05, 3.63) is 40.4 Å². The van der Waals surface area contributed by atoms with Gasteiger partial charge < -0.3 is 5.73 Å². The van der Waals surface area contributed by atoms with Gasteiger partial charge in [0.25, 0.3) is 0 Å². The molecule has 0 unspecified atom stereocenters. The van der Waals surface area contributed by atoms with Gasteiger partial charge in [-0.2, -0.15) is 9.78 Å². The molecule has 152 valence electrons.